The minimum atomic E-state index is -0.277. The van der Waals surface area contributed by atoms with Crippen molar-refractivity contribution in [2.45, 2.75) is 20.8 Å². The van der Waals surface area contributed by atoms with Crippen molar-refractivity contribution < 1.29 is 14.0 Å². The lowest BCUT2D eigenvalue weighted by Gasteiger charge is -2.09. The molecule has 0 unspecified atom stereocenters. The standard InChI is InChI=1S/C15H15ClN2O3/c1-8-6-12(9(2)21-8)15(20)18-11-4-5-13(16)14(7-11)17-10(3)19/h4-7H,1-3H3,(H,17,19)(H,18,20). The number of aryl methyl sites for hydroxylation is 2. The number of carbonyl (C=O) groups is 2. The van der Waals surface area contributed by atoms with Gasteiger partial charge in [-0.15, -0.1) is 0 Å². The summed E-state index contributed by atoms with van der Waals surface area (Å²) in [5.74, 6) is 0.718. The third-order valence-electron chi connectivity index (χ3n) is 2.82. The maximum absolute atomic E-state index is 12.2. The number of rotatable bonds is 3. The molecule has 0 saturated heterocycles. The smallest absolute Gasteiger partial charge is 0.259 e. The van der Waals surface area contributed by atoms with Crippen LogP contribution >= 0.6 is 11.6 Å². The van der Waals surface area contributed by atoms with E-state index in [0.717, 1.165) is 0 Å². The molecule has 1 heterocycles. The molecule has 0 aliphatic heterocycles. The molecule has 2 aromatic rings. The van der Waals surface area contributed by atoms with E-state index in [2.05, 4.69) is 10.6 Å². The van der Waals surface area contributed by atoms with Crippen molar-refractivity contribution in [2.24, 2.45) is 0 Å². The average molecular weight is 307 g/mol. The molecule has 0 radical (unpaired) electrons. The van der Waals surface area contributed by atoms with Gasteiger partial charge in [0.1, 0.15) is 11.5 Å². The predicted octanol–water partition coefficient (Wildman–Crippen LogP) is 3.76. The first kappa shape index (κ1) is 15.1. The van der Waals surface area contributed by atoms with Crippen molar-refractivity contribution >= 4 is 34.8 Å². The average Bonchev–Trinajstić information content (AvgIpc) is 2.72. The highest BCUT2D eigenvalue weighted by Crippen LogP contribution is 2.26. The number of halogens is 1. The van der Waals surface area contributed by atoms with Crippen molar-refractivity contribution in [3.63, 3.8) is 0 Å². The molecule has 1 aromatic carbocycles. The second-order valence-corrected chi connectivity index (χ2v) is 5.06. The van der Waals surface area contributed by atoms with Gasteiger partial charge >= 0.3 is 0 Å². The van der Waals surface area contributed by atoms with Gasteiger partial charge in [-0.3, -0.25) is 9.59 Å². The summed E-state index contributed by atoms with van der Waals surface area (Å²) in [6.45, 7) is 4.90. The minimum Gasteiger partial charge on any atom is -0.466 e. The largest absolute Gasteiger partial charge is 0.466 e. The van der Waals surface area contributed by atoms with E-state index >= 15 is 0 Å². The first-order valence-corrected chi connectivity index (χ1v) is 6.70. The van der Waals surface area contributed by atoms with Crippen LogP contribution in [0.3, 0.4) is 0 Å². The Balaban J connectivity index is 2.21. The molecule has 5 nitrogen and oxygen atoms in total. The second kappa shape index (κ2) is 6.01. The third-order valence-corrected chi connectivity index (χ3v) is 3.15. The van der Waals surface area contributed by atoms with Crippen LogP contribution in [-0.2, 0) is 4.79 Å². The zero-order valence-electron chi connectivity index (χ0n) is 11.9. The van der Waals surface area contributed by atoms with Crippen LogP contribution in [0.5, 0.6) is 0 Å². The number of carbonyl (C=O) groups excluding carboxylic acids is 2. The molecule has 0 fully saturated rings. The zero-order chi connectivity index (χ0) is 15.6. The Hall–Kier alpha value is -2.27. The molecule has 0 saturated carbocycles. The van der Waals surface area contributed by atoms with E-state index in [0.29, 0.717) is 33.5 Å². The normalized spacial score (nSPS) is 10.3. The molecule has 2 amide bonds. The van der Waals surface area contributed by atoms with Crippen LogP contribution in [0.25, 0.3) is 0 Å². The number of nitrogens with one attached hydrogen (secondary N) is 2. The van der Waals surface area contributed by atoms with Crippen molar-refractivity contribution in [3.05, 3.63) is 46.4 Å². The quantitative estimate of drug-likeness (QED) is 0.907. The Morgan fingerprint density at radius 1 is 1.14 bits per heavy atom. The molecule has 0 bridgehead atoms. The van der Waals surface area contributed by atoms with Gasteiger partial charge in [0.05, 0.1) is 16.3 Å². The second-order valence-electron chi connectivity index (χ2n) is 4.66. The van der Waals surface area contributed by atoms with Gasteiger partial charge in [-0.2, -0.15) is 0 Å². The van der Waals surface area contributed by atoms with Gasteiger partial charge in [-0.05, 0) is 38.1 Å². The van der Waals surface area contributed by atoms with Gasteiger partial charge in [-0.1, -0.05) is 11.6 Å². The lowest BCUT2D eigenvalue weighted by molar-refractivity contribution is -0.114. The number of hydrogen-bond acceptors (Lipinski definition) is 3. The van der Waals surface area contributed by atoms with Gasteiger partial charge in [0.2, 0.25) is 5.91 Å². The van der Waals surface area contributed by atoms with Crippen LogP contribution in [-0.4, -0.2) is 11.8 Å². The summed E-state index contributed by atoms with van der Waals surface area (Å²) >= 11 is 5.98. The number of amides is 2. The van der Waals surface area contributed by atoms with Gasteiger partial charge in [0, 0.05) is 12.6 Å². The Morgan fingerprint density at radius 3 is 2.43 bits per heavy atom. The Morgan fingerprint density at radius 2 is 1.86 bits per heavy atom. The van der Waals surface area contributed by atoms with Crippen LogP contribution in [0.4, 0.5) is 11.4 Å². The van der Waals surface area contributed by atoms with E-state index in [9.17, 15) is 9.59 Å². The summed E-state index contributed by atoms with van der Waals surface area (Å²) in [5, 5.41) is 5.75. The zero-order valence-corrected chi connectivity index (χ0v) is 12.7. The highest BCUT2D eigenvalue weighted by Gasteiger charge is 2.14. The molecule has 2 N–H and O–H groups in total. The summed E-state index contributed by atoms with van der Waals surface area (Å²) in [5.41, 5.74) is 1.46. The third kappa shape index (κ3) is 3.64. The Bertz CT molecular complexity index is 707. The molecular formula is C15H15ClN2O3. The molecule has 110 valence electrons. The highest BCUT2D eigenvalue weighted by atomic mass is 35.5. The summed E-state index contributed by atoms with van der Waals surface area (Å²) in [7, 11) is 0. The van der Waals surface area contributed by atoms with Gasteiger partial charge in [0.15, 0.2) is 0 Å². The fourth-order valence-electron chi connectivity index (χ4n) is 1.94. The maximum Gasteiger partial charge on any atom is 0.259 e. The summed E-state index contributed by atoms with van der Waals surface area (Å²) in [6.07, 6.45) is 0. The summed E-state index contributed by atoms with van der Waals surface area (Å²) in [6, 6.07) is 6.54. The number of benzene rings is 1. The molecule has 0 atom stereocenters. The maximum atomic E-state index is 12.2. The van der Waals surface area contributed by atoms with Crippen molar-refractivity contribution in [3.8, 4) is 0 Å². The first-order chi connectivity index (χ1) is 9.86. The minimum absolute atomic E-state index is 0.235. The summed E-state index contributed by atoms with van der Waals surface area (Å²) < 4.78 is 5.33. The highest BCUT2D eigenvalue weighted by molar-refractivity contribution is 6.33. The van der Waals surface area contributed by atoms with E-state index < -0.39 is 0 Å². The van der Waals surface area contributed by atoms with E-state index in [4.69, 9.17) is 16.0 Å². The molecular weight excluding hydrogens is 292 g/mol. The molecule has 0 aliphatic carbocycles. The topological polar surface area (TPSA) is 71.3 Å². The molecule has 0 spiro atoms. The van der Waals surface area contributed by atoms with Crippen molar-refractivity contribution in [1.82, 2.24) is 0 Å². The molecule has 6 heteroatoms. The van der Waals surface area contributed by atoms with Crippen LogP contribution in [0.2, 0.25) is 5.02 Å². The first-order valence-electron chi connectivity index (χ1n) is 6.32. The van der Waals surface area contributed by atoms with Crippen LogP contribution in [0.15, 0.2) is 28.7 Å². The Labute approximate surface area is 127 Å². The van der Waals surface area contributed by atoms with E-state index in [1.807, 2.05) is 0 Å². The van der Waals surface area contributed by atoms with Crippen LogP contribution in [0.1, 0.15) is 28.8 Å². The predicted molar refractivity (Wildman–Crippen MR) is 81.9 cm³/mol. The molecule has 2 rings (SSSR count). The lowest BCUT2D eigenvalue weighted by atomic mass is 10.2. The fraction of sp³-hybridized carbons (Fsp3) is 0.200. The van der Waals surface area contributed by atoms with Crippen LogP contribution < -0.4 is 10.6 Å². The van der Waals surface area contributed by atoms with Gasteiger partial charge < -0.3 is 15.1 Å². The summed E-state index contributed by atoms with van der Waals surface area (Å²) in [4.78, 5) is 23.3. The van der Waals surface area contributed by atoms with Gasteiger partial charge in [-0.25, -0.2) is 0 Å². The monoisotopic (exact) mass is 306 g/mol. The molecule has 0 aliphatic rings. The van der Waals surface area contributed by atoms with E-state index in [-0.39, 0.29) is 11.8 Å². The van der Waals surface area contributed by atoms with E-state index in [1.165, 1.54) is 6.92 Å². The van der Waals surface area contributed by atoms with E-state index in [1.54, 1.807) is 38.1 Å². The van der Waals surface area contributed by atoms with Crippen molar-refractivity contribution in [2.75, 3.05) is 10.6 Å². The number of hydrogen-bond donors (Lipinski definition) is 2. The fourth-order valence-corrected chi connectivity index (χ4v) is 2.11. The van der Waals surface area contributed by atoms with Crippen molar-refractivity contribution in [1.29, 1.82) is 0 Å². The van der Waals surface area contributed by atoms with Crippen LogP contribution in [0, 0.1) is 13.8 Å². The molecule has 1 aromatic heterocycles. The van der Waals surface area contributed by atoms with Gasteiger partial charge in [0.25, 0.3) is 5.91 Å². The molecule has 21 heavy (non-hydrogen) atoms. The lowest BCUT2D eigenvalue weighted by Crippen LogP contribution is -2.13. The Kier molecular flexibility index (Phi) is 4.33. The SMILES string of the molecule is CC(=O)Nc1cc(NC(=O)c2cc(C)oc2C)ccc1Cl. The number of furan rings is 1. The number of anilines is 2.